The van der Waals surface area contributed by atoms with E-state index in [9.17, 15) is 4.79 Å². The molecule has 1 aromatic heterocycles. The fourth-order valence-corrected chi connectivity index (χ4v) is 3.01. The molecule has 6 heteroatoms. The first kappa shape index (κ1) is 14.6. The van der Waals surface area contributed by atoms with Crippen molar-refractivity contribution in [3.63, 3.8) is 0 Å². The van der Waals surface area contributed by atoms with Gasteiger partial charge >= 0.3 is 6.09 Å². The third-order valence-electron chi connectivity index (χ3n) is 4.08. The van der Waals surface area contributed by atoms with Crippen molar-refractivity contribution in [3.8, 4) is 6.07 Å². The zero-order valence-electron chi connectivity index (χ0n) is 13.0. The number of piperidine rings is 1. The SMILES string of the molecule is CC(C)(C)OC(=O)NC1[C@H]2CN(c3ccc(C#N)cn3)C[C@@H]12. The second kappa shape index (κ2) is 5.16. The minimum Gasteiger partial charge on any atom is -0.444 e. The van der Waals surface area contributed by atoms with Crippen LogP contribution in [0.25, 0.3) is 0 Å². The van der Waals surface area contributed by atoms with Gasteiger partial charge in [-0.05, 0) is 32.9 Å². The second-order valence-corrected chi connectivity index (χ2v) is 6.92. The Balaban J connectivity index is 1.51. The maximum absolute atomic E-state index is 11.8. The van der Waals surface area contributed by atoms with Crippen LogP contribution in [0.2, 0.25) is 0 Å². The number of fused-ring (bicyclic) bond motifs is 1. The van der Waals surface area contributed by atoms with Gasteiger partial charge < -0.3 is 15.0 Å². The highest BCUT2D eigenvalue weighted by atomic mass is 16.6. The summed E-state index contributed by atoms with van der Waals surface area (Å²) in [6, 6.07) is 5.93. The number of carbonyl (C=O) groups excluding carboxylic acids is 1. The summed E-state index contributed by atoms with van der Waals surface area (Å²) < 4.78 is 5.28. The molecule has 3 atom stereocenters. The number of nitrogens with one attached hydrogen (secondary N) is 1. The largest absolute Gasteiger partial charge is 0.444 e. The van der Waals surface area contributed by atoms with Gasteiger partial charge in [0, 0.05) is 37.2 Å². The molecule has 1 aromatic rings. The lowest BCUT2D eigenvalue weighted by molar-refractivity contribution is 0.0518. The highest BCUT2D eigenvalue weighted by Gasteiger charge is 2.57. The molecule has 0 bridgehead atoms. The van der Waals surface area contributed by atoms with Crippen LogP contribution in [-0.4, -0.2) is 35.8 Å². The lowest BCUT2D eigenvalue weighted by Gasteiger charge is -2.23. The third-order valence-corrected chi connectivity index (χ3v) is 4.08. The van der Waals surface area contributed by atoms with E-state index in [1.54, 1.807) is 12.3 Å². The van der Waals surface area contributed by atoms with E-state index in [1.165, 1.54) is 0 Å². The molecule has 2 heterocycles. The molecule has 116 valence electrons. The number of nitriles is 1. The predicted molar refractivity (Wildman–Crippen MR) is 81.3 cm³/mol. The minimum atomic E-state index is -0.466. The first-order valence-corrected chi connectivity index (χ1v) is 7.48. The molecular formula is C16H20N4O2. The second-order valence-electron chi connectivity index (χ2n) is 6.92. The van der Waals surface area contributed by atoms with Crippen molar-refractivity contribution in [1.82, 2.24) is 10.3 Å². The molecule has 1 N–H and O–H groups in total. The van der Waals surface area contributed by atoms with Gasteiger partial charge in [0.05, 0.1) is 5.56 Å². The van der Waals surface area contributed by atoms with Gasteiger partial charge in [0.15, 0.2) is 0 Å². The molecule has 1 unspecified atom stereocenters. The van der Waals surface area contributed by atoms with Crippen LogP contribution in [0, 0.1) is 23.2 Å². The van der Waals surface area contributed by atoms with Crippen molar-refractivity contribution in [2.75, 3.05) is 18.0 Å². The topological polar surface area (TPSA) is 78.2 Å². The molecule has 2 aliphatic rings. The summed E-state index contributed by atoms with van der Waals surface area (Å²) in [6.45, 7) is 7.34. The highest BCUT2D eigenvalue weighted by molar-refractivity contribution is 5.69. The van der Waals surface area contributed by atoms with Crippen LogP contribution in [0.15, 0.2) is 18.3 Å². The zero-order valence-corrected chi connectivity index (χ0v) is 13.0. The van der Waals surface area contributed by atoms with Crippen molar-refractivity contribution < 1.29 is 9.53 Å². The number of alkyl carbamates (subject to hydrolysis) is 1. The number of hydrogen-bond donors (Lipinski definition) is 1. The van der Waals surface area contributed by atoms with Crippen molar-refractivity contribution in [2.45, 2.75) is 32.4 Å². The van der Waals surface area contributed by atoms with Gasteiger partial charge in [-0.1, -0.05) is 0 Å². The first-order valence-electron chi connectivity index (χ1n) is 7.48. The Morgan fingerprint density at radius 2 is 2.09 bits per heavy atom. The Kier molecular flexibility index (Phi) is 3.44. The van der Waals surface area contributed by atoms with Crippen LogP contribution in [0.4, 0.5) is 10.6 Å². The van der Waals surface area contributed by atoms with Gasteiger partial charge in [-0.15, -0.1) is 0 Å². The van der Waals surface area contributed by atoms with Crippen LogP contribution in [0.1, 0.15) is 26.3 Å². The van der Waals surface area contributed by atoms with Crippen LogP contribution in [0.5, 0.6) is 0 Å². The zero-order chi connectivity index (χ0) is 15.9. The van der Waals surface area contributed by atoms with E-state index in [4.69, 9.17) is 10.00 Å². The highest BCUT2D eigenvalue weighted by Crippen LogP contribution is 2.46. The number of nitrogens with zero attached hydrogens (tertiary/aromatic N) is 3. The number of carbonyl (C=O) groups is 1. The monoisotopic (exact) mass is 300 g/mol. The summed E-state index contributed by atoms with van der Waals surface area (Å²) in [7, 11) is 0. The number of pyridine rings is 1. The van der Waals surface area contributed by atoms with E-state index in [0.29, 0.717) is 17.4 Å². The van der Waals surface area contributed by atoms with Gasteiger partial charge in [-0.2, -0.15) is 5.26 Å². The van der Waals surface area contributed by atoms with Crippen LogP contribution in [-0.2, 0) is 4.74 Å². The summed E-state index contributed by atoms with van der Waals surface area (Å²) in [6.07, 6.45) is 1.25. The fourth-order valence-electron chi connectivity index (χ4n) is 3.01. The van der Waals surface area contributed by atoms with Crippen LogP contribution in [0.3, 0.4) is 0 Å². The lowest BCUT2D eigenvalue weighted by atomic mass is 10.2. The van der Waals surface area contributed by atoms with Gasteiger partial charge in [-0.25, -0.2) is 9.78 Å². The standard InChI is InChI=1S/C16H20N4O2/c1-16(2,3)22-15(21)19-14-11-8-20(9-12(11)14)13-5-4-10(6-17)7-18-13/h4-5,7,11-12,14H,8-9H2,1-3H3,(H,19,21)/t11-,12+,14?. The Labute approximate surface area is 130 Å². The quantitative estimate of drug-likeness (QED) is 0.902. The molecule has 0 radical (unpaired) electrons. The Hall–Kier alpha value is -2.29. The minimum absolute atomic E-state index is 0.212. The number of aromatic nitrogens is 1. The summed E-state index contributed by atoms with van der Waals surface area (Å²) in [4.78, 5) is 18.3. The molecule has 1 amide bonds. The van der Waals surface area contributed by atoms with Crippen molar-refractivity contribution in [2.24, 2.45) is 11.8 Å². The van der Waals surface area contributed by atoms with E-state index in [2.05, 4.69) is 21.3 Å². The molecule has 6 nitrogen and oxygen atoms in total. The van der Waals surface area contributed by atoms with E-state index in [-0.39, 0.29) is 12.1 Å². The number of hydrogen-bond acceptors (Lipinski definition) is 5. The van der Waals surface area contributed by atoms with Gasteiger partial charge in [0.25, 0.3) is 0 Å². The van der Waals surface area contributed by atoms with Crippen LogP contribution >= 0.6 is 0 Å². The average Bonchev–Trinajstić information content (AvgIpc) is 2.89. The van der Waals surface area contributed by atoms with Gasteiger partial charge in [0.1, 0.15) is 17.5 Å². The summed E-state index contributed by atoms with van der Waals surface area (Å²) in [5.74, 6) is 1.82. The van der Waals surface area contributed by atoms with Crippen molar-refractivity contribution in [1.29, 1.82) is 5.26 Å². The maximum atomic E-state index is 11.8. The van der Waals surface area contributed by atoms with Gasteiger partial charge in [0.2, 0.25) is 0 Å². The average molecular weight is 300 g/mol. The van der Waals surface area contributed by atoms with E-state index < -0.39 is 5.60 Å². The molecule has 22 heavy (non-hydrogen) atoms. The Bertz CT molecular complexity index is 603. The number of anilines is 1. The maximum Gasteiger partial charge on any atom is 0.407 e. The Morgan fingerprint density at radius 3 is 2.59 bits per heavy atom. The number of ether oxygens (including phenoxy) is 1. The predicted octanol–water partition coefficient (Wildman–Crippen LogP) is 1.91. The normalized spacial score (nSPS) is 26.1. The van der Waals surface area contributed by atoms with E-state index in [0.717, 1.165) is 18.9 Å². The molecule has 3 rings (SSSR count). The summed E-state index contributed by atoms with van der Waals surface area (Å²) >= 11 is 0. The van der Waals surface area contributed by atoms with E-state index >= 15 is 0 Å². The fraction of sp³-hybridized carbons (Fsp3) is 0.562. The molecule has 0 aromatic carbocycles. The summed E-state index contributed by atoms with van der Waals surface area (Å²) in [5.41, 5.74) is 0.101. The molecule has 0 spiro atoms. The Morgan fingerprint density at radius 1 is 1.41 bits per heavy atom. The van der Waals surface area contributed by atoms with Crippen LogP contribution < -0.4 is 10.2 Å². The number of rotatable bonds is 2. The van der Waals surface area contributed by atoms with Crippen molar-refractivity contribution >= 4 is 11.9 Å². The van der Waals surface area contributed by atoms with Crippen molar-refractivity contribution in [3.05, 3.63) is 23.9 Å². The molecular weight excluding hydrogens is 280 g/mol. The van der Waals surface area contributed by atoms with Gasteiger partial charge in [-0.3, -0.25) is 0 Å². The molecule has 1 aliphatic heterocycles. The lowest BCUT2D eigenvalue weighted by Crippen LogP contribution is -2.38. The first-order chi connectivity index (χ1) is 10.4. The molecule has 2 fully saturated rings. The third kappa shape index (κ3) is 2.98. The summed E-state index contributed by atoms with van der Waals surface area (Å²) in [5, 5.41) is 11.7. The molecule has 1 saturated carbocycles. The molecule has 1 aliphatic carbocycles. The smallest absolute Gasteiger partial charge is 0.407 e. The molecule has 1 saturated heterocycles. The van der Waals surface area contributed by atoms with E-state index in [1.807, 2.05) is 26.8 Å². The number of amides is 1.